The molecule has 1 aromatic heterocycles. The van der Waals surface area contributed by atoms with Crippen LogP contribution in [0.4, 0.5) is 5.69 Å². The number of nitrogens with zero attached hydrogens (tertiary/aromatic N) is 1. The Kier molecular flexibility index (Phi) is 3.51. The molecular weight excluding hydrogens is 290 g/mol. The number of benzene rings is 1. The van der Waals surface area contributed by atoms with Gasteiger partial charge in [0.25, 0.3) is 0 Å². The highest BCUT2D eigenvalue weighted by Gasteiger charge is 2.23. The Hall–Kier alpha value is -1.25. The standard InChI is InChI=1S/C10H11N3O2S3/c1-6(10(11)16)18(14,15)13-7-2-3-8-9(4-7)17-5-12-8/h2-6,13H,1H3,(H2,11,16). The van der Waals surface area contributed by atoms with E-state index in [1.807, 2.05) is 0 Å². The van der Waals surface area contributed by atoms with Crippen LogP contribution in [0.5, 0.6) is 0 Å². The molecule has 1 heterocycles. The number of nitrogens with one attached hydrogen (secondary N) is 1. The van der Waals surface area contributed by atoms with Gasteiger partial charge in [0.1, 0.15) is 5.25 Å². The lowest BCUT2D eigenvalue weighted by Crippen LogP contribution is -2.35. The van der Waals surface area contributed by atoms with Gasteiger partial charge in [-0.3, -0.25) is 4.72 Å². The first kappa shape index (κ1) is 13.2. The van der Waals surface area contributed by atoms with E-state index in [9.17, 15) is 8.42 Å². The first-order chi connectivity index (χ1) is 8.40. The normalized spacial score (nSPS) is 13.4. The third kappa shape index (κ3) is 2.60. The summed E-state index contributed by atoms with van der Waals surface area (Å²) in [6.07, 6.45) is 0. The zero-order valence-corrected chi connectivity index (χ0v) is 11.9. The number of anilines is 1. The Morgan fingerprint density at radius 1 is 1.56 bits per heavy atom. The van der Waals surface area contributed by atoms with Gasteiger partial charge < -0.3 is 5.73 Å². The number of sulfonamides is 1. The molecule has 0 aliphatic rings. The van der Waals surface area contributed by atoms with Gasteiger partial charge in [-0.15, -0.1) is 11.3 Å². The van der Waals surface area contributed by atoms with Gasteiger partial charge >= 0.3 is 0 Å². The van der Waals surface area contributed by atoms with Crippen LogP contribution in [0.1, 0.15) is 6.92 Å². The summed E-state index contributed by atoms with van der Waals surface area (Å²) in [6.45, 7) is 1.45. The fourth-order valence-electron chi connectivity index (χ4n) is 1.32. The lowest BCUT2D eigenvalue weighted by molar-refractivity contribution is 0.598. The molecule has 0 bridgehead atoms. The Morgan fingerprint density at radius 3 is 2.94 bits per heavy atom. The van der Waals surface area contributed by atoms with Gasteiger partial charge in [0.2, 0.25) is 10.0 Å². The van der Waals surface area contributed by atoms with Crippen molar-refractivity contribution in [2.24, 2.45) is 5.73 Å². The molecule has 3 N–H and O–H groups in total. The van der Waals surface area contributed by atoms with E-state index in [0.717, 1.165) is 10.2 Å². The molecule has 2 rings (SSSR count). The zero-order valence-electron chi connectivity index (χ0n) is 9.45. The molecule has 0 aliphatic heterocycles. The fraction of sp³-hybridized carbons (Fsp3) is 0.200. The third-order valence-corrected chi connectivity index (χ3v) is 5.46. The smallest absolute Gasteiger partial charge is 0.241 e. The van der Waals surface area contributed by atoms with Crippen molar-refractivity contribution in [3.8, 4) is 0 Å². The minimum Gasteiger partial charge on any atom is -0.392 e. The van der Waals surface area contributed by atoms with Crippen molar-refractivity contribution in [3.63, 3.8) is 0 Å². The van der Waals surface area contributed by atoms with Crippen molar-refractivity contribution in [2.75, 3.05) is 4.72 Å². The van der Waals surface area contributed by atoms with Crippen molar-refractivity contribution in [1.29, 1.82) is 0 Å². The molecule has 0 radical (unpaired) electrons. The summed E-state index contributed by atoms with van der Waals surface area (Å²) in [7, 11) is -3.60. The molecule has 18 heavy (non-hydrogen) atoms. The van der Waals surface area contributed by atoms with Crippen LogP contribution in [-0.4, -0.2) is 23.6 Å². The van der Waals surface area contributed by atoms with Crippen LogP contribution in [0.2, 0.25) is 0 Å². The maximum absolute atomic E-state index is 11.9. The first-order valence-electron chi connectivity index (χ1n) is 5.04. The van der Waals surface area contributed by atoms with E-state index in [2.05, 4.69) is 9.71 Å². The molecule has 0 spiro atoms. The summed E-state index contributed by atoms with van der Waals surface area (Å²) in [5.74, 6) is 0. The summed E-state index contributed by atoms with van der Waals surface area (Å²) < 4.78 is 27.2. The van der Waals surface area contributed by atoms with Crippen LogP contribution in [0.15, 0.2) is 23.7 Å². The summed E-state index contributed by atoms with van der Waals surface area (Å²) in [5, 5.41) is -0.912. The average Bonchev–Trinajstić information content (AvgIpc) is 2.74. The topological polar surface area (TPSA) is 85.1 Å². The zero-order chi connectivity index (χ0) is 13.3. The van der Waals surface area contributed by atoms with Crippen LogP contribution in [0, 0.1) is 0 Å². The molecule has 0 aliphatic carbocycles. The van der Waals surface area contributed by atoms with Crippen molar-refractivity contribution in [3.05, 3.63) is 23.7 Å². The van der Waals surface area contributed by atoms with Crippen molar-refractivity contribution >= 4 is 54.5 Å². The molecule has 0 amide bonds. The largest absolute Gasteiger partial charge is 0.392 e. The van der Waals surface area contributed by atoms with Crippen LogP contribution < -0.4 is 10.5 Å². The molecule has 1 unspecified atom stereocenters. The number of hydrogen-bond acceptors (Lipinski definition) is 5. The van der Waals surface area contributed by atoms with Crippen molar-refractivity contribution < 1.29 is 8.42 Å². The second-order valence-corrected chi connectivity index (χ2v) is 7.09. The maximum Gasteiger partial charge on any atom is 0.241 e. The molecular formula is C10H11N3O2S3. The molecule has 1 aromatic carbocycles. The van der Waals surface area contributed by atoms with E-state index in [1.165, 1.54) is 18.3 Å². The number of thiocarbonyl (C=S) groups is 1. The summed E-state index contributed by atoms with van der Waals surface area (Å²) >= 11 is 6.14. The quantitative estimate of drug-likeness (QED) is 0.840. The number of fused-ring (bicyclic) bond motifs is 1. The van der Waals surface area contributed by atoms with E-state index in [0.29, 0.717) is 5.69 Å². The Labute approximate surface area is 114 Å². The SMILES string of the molecule is CC(C(N)=S)S(=O)(=O)Nc1ccc2ncsc2c1. The van der Waals surface area contributed by atoms with E-state index in [1.54, 1.807) is 23.7 Å². The second-order valence-electron chi connectivity index (χ2n) is 3.73. The minimum atomic E-state index is -3.60. The number of nitrogens with two attached hydrogens (primary N) is 1. The maximum atomic E-state index is 11.9. The van der Waals surface area contributed by atoms with Gasteiger partial charge in [-0.1, -0.05) is 12.2 Å². The highest BCUT2D eigenvalue weighted by Crippen LogP contribution is 2.23. The Morgan fingerprint density at radius 2 is 2.28 bits per heavy atom. The van der Waals surface area contributed by atoms with E-state index in [4.69, 9.17) is 18.0 Å². The van der Waals surface area contributed by atoms with Gasteiger partial charge in [0.05, 0.1) is 26.4 Å². The molecule has 0 saturated carbocycles. The average molecular weight is 301 g/mol. The highest BCUT2D eigenvalue weighted by atomic mass is 32.2. The van der Waals surface area contributed by atoms with Gasteiger partial charge in [-0.2, -0.15) is 0 Å². The van der Waals surface area contributed by atoms with E-state index >= 15 is 0 Å². The number of thiazole rings is 1. The summed E-state index contributed by atoms with van der Waals surface area (Å²) in [6, 6.07) is 5.15. The van der Waals surface area contributed by atoms with Gasteiger partial charge in [-0.25, -0.2) is 13.4 Å². The van der Waals surface area contributed by atoms with Gasteiger partial charge in [-0.05, 0) is 25.1 Å². The molecule has 0 fully saturated rings. The number of aromatic nitrogens is 1. The van der Waals surface area contributed by atoms with Gasteiger partial charge in [0.15, 0.2) is 0 Å². The van der Waals surface area contributed by atoms with E-state index < -0.39 is 15.3 Å². The van der Waals surface area contributed by atoms with Crippen molar-refractivity contribution in [1.82, 2.24) is 4.98 Å². The minimum absolute atomic E-state index is 0.0543. The molecule has 0 saturated heterocycles. The van der Waals surface area contributed by atoms with Crippen LogP contribution in [0.3, 0.4) is 0 Å². The highest BCUT2D eigenvalue weighted by molar-refractivity contribution is 7.95. The summed E-state index contributed by atoms with van der Waals surface area (Å²) in [4.78, 5) is 4.07. The first-order valence-corrected chi connectivity index (χ1v) is 7.88. The lowest BCUT2D eigenvalue weighted by atomic mass is 10.3. The van der Waals surface area contributed by atoms with Crippen LogP contribution >= 0.6 is 23.6 Å². The number of hydrogen-bond donors (Lipinski definition) is 2. The second kappa shape index (κ2) is 4.79. The van der Waals surface area contributed by atoms with Crippen molar-refractivity contribution in [2.45, 2.75) is 12.2 Å². The predicted molar refractivity (Wildman–Crippen MR) is 78.4 cm³/mol. The van der Waals surface area contributed by atoms with E-state index in [-0.39, 0.29) is 4.99 Å². The third-order valence-electron chi connectivity index (χ3n) is 2.46. The molecule has 8 heteroatoms. The molecule has 96 valence electrons. The predicted octanol–water partition coefficient (Wildman–Crippen LogP) is 1.71. The van der Waals surface area contributed by atoms with Gasteiger partial charge in [0, 0.05) is 0 Å². The monoisotopic (exact) mass is 301 g/mol. The summed E-state index contributed by atoms with van der Waals surface area (Å²) in [5.41, 5.74) is 8.38. The van der Waals surface area contributed by atoms with Crippen LogP contribution in [0.25, 0.3) is 10.2 Å². The molecule has 2 aromatic rings. The molecule has 5 nitrogen and oxygen atoms in total. The molecule has 1 atom stereocenters. The lowest BCUT2D eigenvalue weighted by Gasteiger charge is -2.13. The Balaban J connectivity index is 2.30. The Bertz CT molecular complexity index is 693. The van der Waals surface area contributed by atoms with Crippen LogP contribution in [-0.2, 0) is 10.0 Å². The number of rotatable bonds is 4. The fourth-order valence-corrected chi connectivity index (χ4v) is 3.36.